The van der Waals surface area contributed by atoms with Crippen molar-refractivity contribution in [1.29, 1.82) is 0 Å². The molecule has 0 amide bonds. The van der Waals surface area contributed by atoms with Crippen molar-refractivity contribution in [2.75, 3.05) is 0 Å². The van der Waals surface area contributed by atoms with Crippen molar-refractivity contribution in [2.24, 2.45) is 5.84 Å². The highest BCUT2D eigenvalue weighted by Crippen LogP contribution is 2.25. The molecule has 21 heavy (non-hydrogen) atoms. The first-order chi connectivity index (χ1) is 10.3. The van der Waals surface area contributed by atoms with E-state index in [0.29, 0.717) is 0 Å². The number of rotatable bonds is 4. The van der Waals surface area contributed by atoms with Crippen LogP contribution in [-0.4, -0.2) is 4.98 Å². The van der Waals surface area contributed by atoms with E-state index in [9.17, 15) is 0 Å². The van der Waals surface area contributed by atoms with Gasteiger partial charge in [-0.05, 0) is 35.7 Å². The van der Waals surface area contributed by atoms with Gasteiger partial charge in [0.2, 0.25) is 0 Å². The fourth-order valence-electron chi connectivity index (χ4n) is 2.46. The average molecular weight is 342 g/mol. The van der Waals surface area contributed by atoms with Gasteiger partial charge in [0.1, 0.15) is 0 Å². The molecule has 2 aromatic carbocycles. The highest BCUT2D eigenvalue weighted by atomic mass is 79.9. The molecule has 4 heteroatoms. The van der Waals surface area contributed by atoms with Gasteiger partial charge < -0.3 is 0 Å². The van der Waals surface area contributed by atoms with Crippen LogP contribution in [0.3, 0.4) is 0 Å². The Kier molecular flexibility index (Phi) is 4.29. The van der Waals surface area contributed by atoms with Crippen molar-refractivity contribution in [3.8, 4) is 0 Å². The highest BCUT2D eigenvalue weighted by molar-refractivity contribution is 9.10. The first-order valence-electron chi connectivity index (χ1n) is 6.82. The minimum absolute atomic E-state index is 0.0510. The summed E-state index contributed by atoms with van der Waals surface area (Å²) in [7, 11) is 0. The van der Waals surface area contributed by atoms with Gasteiger partial charge in [-0.15, -0.1) is 0 Å². The standard InChI is InChI=1S/C17H16BrN3/c18-15-6-2-1-4-13(15)10-17(21-19)14-8-7-12-5-3-9-20-16(12)11-14/h1-9,11,17,21H,10,19H2. The van der Waals surface area contributed by atoms with E-state index in [1.54, 1.807) is 0 Å². The van der Waals surface area contributed by atoms with Gasteiger partial charge in [-0.25, -0.2) is 0 Å². The maximum atomic E-state index is 5.76. The molecule has 1 aromatic heterocycles. The molecule has 0 aliphatic rings. The second-order valence-corrected chi connectivity index (χ2v) is 5.82. The Balaban J connectivity index is 1.93. The molecule has 0 aliphatic carbocycles. The van der Waals surface area contributed by atoms with E-state index in [2.05, 4.69) is 56.7 Å². The molecule has 1 atom stereocenters. The van der Waals surface area contributed by atoms with Gasteiger partial charge in [0.25, 0.3) is 0 Å². The highest BCUT2D eigenvalue weighted by Gasteiger charge is 2.13. The van der Waals surface area contributed by atoms with Crippen molar-refractivity contribution < 1.29 is 0 Å². The minimum atomic E-state index is 0.0510. The van der Waals surface area contributed by atoms with Crippen LogP contribution in [0.15, 0.2) is 65.3 Å². The van der Waals surface area contributed by atoms with E-state index in [1.807, 2.05) is 30.5 Å². The molecule has 3 nitrogen and oxygen atoms in total. The van der Waals surface area contributed by atoms with Crippen LogP contribution in [0.5, 0.6) is 0 Å². The predicted molar refractivity (Wildman–Crippen MR) is 89.7 cm³/mol. The number of hydrazine groups is 1. The Morgan fingerprint density at radius 1 is 1.10 bits per heavy atom. The van der Waals surface area contributed by atoms with Crippen LogP contribution in [0, 0.1) is 0 Å². The third-order valence-corrected chi connectivity index (χ3v) is 4.39. The molecule has 106 valence electrons. The van der Waals surface area contributed by atoms with Crippen molar-refractivity contribution in [1.82, 2.24) is 10.4 Å². The van der Waals surface area contributed by atoms with Crippen LogP contribution in [0.1, 0.15) is 17.2 Å². The van der Waals surface area contributed by atoms with Crippen molar-refractivity contribution in [3.05, 3.63) is 76.4 Å². The molecular formula is C17H16BrN3. The SMILES string of the molecule is NNC(Cc1ccccc1Br)c1ccc2cccnc2c1. The summed E-state index contributed by atoms with van der Waals surface area (Å²) in [5.74, 6) is 5.76. The van der Waals surface area contributed by atoms with Gasteiger partial charge in [0.15, 0.2) is 0 Å². The summed E-state index contributed by atoms with van der Waals surface area (Å²) < 4.78 is 1.10. The van der Waals surface area contributed by atoms with E-state index in [4.69, 9.17) is 5.84 Å². The molecule has 0 saturated carbocycles. The van der Waals surface area contributed by atoms with Crippen molar-refractivity contribution >= 4 is 26.8 Å². The van der Waals surface area contributed by atoms with Crippen LogP contribution in [-0.2, 0) is 6.42 Å². The van der Waals surface area contributed by atoms with E-state index in [1.165, 1.54) is 5.56 Å². The number of fused-ring (bicyclic) bond motifs is 1. The van der Waals surface area contributed by atoms with Gasteiger partial charge >= 0.3 is 0 Å². The molecule has 0 spiro atoms. The summed E-state index contributed by atoms with van der Waals surface area (Å²) in [6.07, 6.45) is 2.63. The van der Waals surface area contributed by atoms with Crippen LogP contribution in [0.25, 0.3) is 10.9 Å². The topological polar surface area (TPSA) is 50.9 Å². The normalized spacial score (nSPS) is 12.5. The zero-order chi connectivity index (χ0) is 14.7. The third-order valence-electron chi connectivity index (χ3n) is 3.62. The summed E-state index contributed by atoms with van der Waals surface area (Å²) in [5.41, 5.74) is 6.26. The molecule has 1 unspecified atom stereocenters. The number of halogens is 1. The molecule has 0 radical (unpaired) electrons. The maximum Gasteiger partial charge on any atom is 0.0705 e. The quantitative estimate of drug-likeness (QED) is 0.561. The molecule has 0 bridgehead atoms. The van der Waals surface area contributed by atoms with Gasteiger partial charge in [-0.3, -0.25) is 16.3 Å². The van der Waals surface area contributed by atoms with Crippen LogP contribution in [0.4, 0.5) is 0 Å². The number of pyridine rings is 1. The second kappa shape index (κ2) is 6.35. The zero-order valence-electron chi connectivity index (χ0n) is 11.5. The molecule has 3 rings (SSSR count). The third kappa shape index (κ3) is 3.13. The summed E-state index contributed by atoms with van der Waals surface area (Å²) in [6, 6.07) is 18.5. The maximum absolute atomic E-state index is 5.76. The lowest BCUT2D eigenvalue weighted by Crippen LogP contribution is -2.29. The van der Waals surface area contributed by atoms with Crippen LogP contribution in [0.2, 0.25) is 0 Å². The predicted octanol–water partition coefficient (Wildman–Crippen LogP) is 3.74. The van der Waals surface area contributed by atoms with Crippen LogP contribution < -0.4 is 11.3 Å². The summed E-state index contributed by atoms with van der Waals surface area (Å²) in [4.78, 5) is 4.41. The number of nitrogens with zero attached hydrogens (tertiary/aromatic N) is 1. The van der Waals surface area contributed by atoms with Crippen molar-refractivity contribution in [2.45, 2.75) is 12.5 Å². The fourth-order valence-corrected chi connectivity index (χ4v) is 2.90. The monoisotopic (exact) mass is 341 g/mol. The Bertz CT molecular complexity index is 758. The largest absolute Gasteiger partial charge is 0.271 e. The molecule has 3 aromatic rings. The second-order valence-electron chi connectivity index (χ2n) is 4.97. The Hall–Kier alpha value is -1.75. The fraction of sp³-hybridized carbons (Fsp3) is 0.118. The van der Waals surface area contributed by atoms with E-state index in [0.717, 1.165) is 27.4 Å². The molecule has 0 fully saturated rings. The molecule has 3 N–H and O–H groups in total. The number of nitrogens with one attached hydrogen (secondary N) is 1. The van der Waals surface area contributed by atoms with Crippen molar-refractivity contribution in [3.63, 3.8) is 0 Å². The first-order valence-corrected chi connectivity index (χ1v) is 7.61. The van der Waals surface area contributed by atoms with E-state index >= 15 is 0 Å². The molecule has 1 heterocycles. The lowest BCUT2D eigenvalue weighted by atomic mass is 9.98. The Morgan fingerprint density at radius 2 is 1.95 bits per heavy atom. The van der Waals surface area contributed by atoms with Gasteiger partial charge in [0.05, 0.1) is 11.6 Å². The number of hydrogen-bond acceptors (Lipinski definition) is 3. The minimum Gasteiger partial charge on any atom is -0.271 e. The summed E-state index contributed by atoms with van der Waals surface area (Å²) in [6.45, 7) is 0. The van der Waals surface area contributed by atoms with Gasteiger partial charge in [0, 0.05) is 16.1 Å². The number of aromatic nitrogens is 1. The summed E-state index contributed by atoms with van der Waals surface area (Å²) >= 11 is 3.59. The zero-order valence-corrected chi connectivity index (χ0v) is 13.0. The Labute approximate surface area is 132 Å². The smallest absolute Gasteiger partial charge is 0.0705 e. The van der Waals surface area contributed by atoms with Crippen LogP contribution >= 0.6 is 15.9 Å². The Morgan fingerprint density at radius 3 is 2.76 bits per heavy atom. The summed E-state index contributed by atoms with van der Waals surface area (Å²) in [5, 5.41) is 1.14. The van der Waals surface area contributed by atoms with Gasteiger partial charge in [-0.2, -0.15) is 0 Å². The molecule has 0 saturated heterocycles. The first kappa shape index (κ1) is 14.2. The lowest BCUT2D eigenvalue weighted by Gasteiger charge is -2.17. The number of nitrogens with two attached hydrogens (primary N) is 1. The van der Waals surface area contributed by atoms with E-state index in [-0.39, 0.29) is 6.04 Å². The number of benzene rings is 2. The lowest BCUT2D eigenvalue weighted by molar-refractivity contribution is 0.551. The average Bonchev–Trinajstić information content (AvgIpc) is 2.54. The molecular weight excluding hydrogens is 326 g/mol. The van der Waals surface area contributed by atoms with E-state index < -0.39 is 0 Å². The number of hydrogen-bond donors (Lipinski definition) is 2. The molecule has 0 aliphatic heterocycles. The van der Waals surface area contributed by atoms with Gasteiger partial charge in [-0.1, -0.05) is 52.3 Å².